The normalized spacial score (nSPS) is 18.2. The number of amidine groups is 1. The number of nitrogens with one attached hydrogen (secondary N) is 1. The molecule has 1 aromatic carbocycles. The first-order valence-electron chi connectivity index (χ1n) is 9.33. The summed E-state index contributed by atoms with van der Waals surface area (Å²) < 4.78 is 6.72. The molecule has 1 atom stereocenters. The number of fused-ring (bicyclic) bond motifs is 2. The van der Waals surface area contributed by atoms with E-state index in [9.17, 15) is 4.79 Å². The van der Waals surface area contributed by atoms with Crippen LogP contribution in [-0.4, -0.2) is 21.8 Å². The van der Waals surface area contributed by atoms with Crippen molar-refractivity contribution in [2.45, 2.75) is 39.3 Å². The number of thioether (sulfide) groups is 1. The van der Waals surface area contributed by atoms with Gasteiger partial charge in [0.1, 0.15) is 11.5 Å². The first-order valence-corrected chi connectivity index (χ1v) is 11.1. The van der Waals surface area contributed by atoms with Crippen molar-refractivity contribution in [3.63, 3.8) is 0 Å². The zero-order valence-electron chi connectivity index (χ0n) is 15.7. The van der Waals surface area contributed by atoms with Gasteiger partial charge in [-0.3, -0.25) is 10.1 Å². The second-order valence-electron chi connectivity index (χ2n) is 6.72. The Morgan fingerprint density at radius 1 is 1.29 bits per heavy atom. The van der Waals surface area contributed by atoms with Crippen LogP contribution in [0.2, 0.25) is 0 Å². The van der Waals surface area contributed by atoms with E-state index in [-0.39, 0.29) is 5.91 Å². The lowest BCUT2D eigenvalue weighted by atomic mass is 10.1. The molecule has 0 saturated heterocycles. The Morgan fingerprint density at radius 2 is 2.14 bits per heavy atom. The average molecular weight is 461 g/mol. The van der Waals surface area contributed by atoms with Crippen LogP contribution in [0.1, 0.15) is 43.9 Å². The van der Waals surface area contributed by atoms with Crippen LogP contribution in [0.4, 0.5) is 0 Å². The van der Waals surface area contributed by atoms with Gasteiger partial charge in [-0.15, -0.1) is 5.10 Å². The average Bonchev–Trinajstić information content (AvgIpc) is 3.10. The summed E-state index contributed by atoms with van der Waals surface area (Å²) in [6.45, 7) is 4.07. The summed E-state index contributed by atoms with van der Waals surface area (Å²) in [7, 11) is 0. The van der Waals surface area contributed by atoms with Crippen LogP contribution in [0.5, 0.6) is 0 Å². The van der Waals surface area contributed by atoms with E-state index in [1.165, 1.54) is 6.42 Å². The lowest BCUT2D eigenvalue weighted by Crippen LogP contribution is -2.50. The minimum Gasteiger partial charge on any atom is -0.462 e. The smallest absolute Gasteiger partial charge is 0.276 e. The molecule has 3 heterocycles. The topological polar surface area (TPSA) is 70.2 Å². The van der Waals surface area contributed by atoms with Crippen molar-refractivity contribution in [3.05, 3.63) is 56.9 Å². The second kappa shape index (κ2) is 8.13. The number of halogens is 1. The predicted molar refractivity (Wildman–Crippen MR) is 114 cm³/mol. The minimum absolute atomic E-state index is 0.171. The number of aryl methyl sites for hydroxylation is 1. The van der Waals surface area contributed by atoms with Gasteiger partial charge in [-0.05, 0) is 43.7 Å². The molecule has 0 fully saturated rings. The van der Waals surface area contributed by atoms with Crippen LogP contribution in [0.15, 0.2) is 49.3 Å². The Labute approximate surface area is 175 Å². The number of hydrogen-bond acceptors (Lipinski definition) is 6. The van der Waals surface area contributed by atoms with Crippen molar-refractivity contribution in [1.82, 2.24) is 10.3 Å². The van der Waals surface area contributed by atoms with Crippen LogP contribution in [0, 0.1) is 6.92 Å². The van der Waals surface area contributed by atoms with E-state index in [0.29, 0.717) is 16.6 Å². The van der Waals surface area contributed by atoms with Gasteiger partial charge in [-0.1, -0.05) is 47.5 Å². The standard InChI is InChI=1S/C20H21BrN4O2S/c1-3-4-5-10-28-20-23-19(26)17-14-11-13(21)7-8-15(14)22-18(25(17)24-20)16-9-6-12(2)27-16/h6-9,11,18H,3-5,10H2,1-2H3,(H,23,24,26). The molecule has 1 amide bonds. The van der Waals surface area contributed by atoms with E-state index in [1.807, 2.05) is 37.3 Å². The molecule has 0 radical (unpaired) electrons. The lowest BCUT2D eigenvalue weighted by Gasteiger charge is -2.32. The maximum absolute atomic E-state index is 13.0. The number of carbonyl (C=O) groups excluding carboxylic acids is 1. The Morgan fingerprint density at radius 3 is 2.89 bits per heavy atom. The Bertz CT molecular complexity index is 1060. The molecule has 6 nitrogen and oxygen atoms in total. The summed E-state index contributed by atoms with van der Waals surface area (Å²) in [5.41, 5.74) is 0.489. The third kappa shape index (κ3) is 3.75. The van der Waals surface area contributed by atoms with Crippen molar-refractivity contribution in [1.29, 1.82) is 0 Å². The molecular weight excluding hydrogens is 440 g/mol. The Kier molecular flexibility index (Phi) is 5.59. The molecule has 1 N–H and O–H groups in total. The highest BCUT2D eigenvalue weighted by atomic mass is 79.9. The number of hydrogen-bond donors (Lipinski definition) is 1. The highest BCUT2D eigenvalue weighted by molar-refractivity contribution is 9.10. The molecule has 2 aliphatic heterocycles. The van der Waals surface area contributed by atoms with Crippen molar-refractivity contribution in [2.75, 3.05) is 5.75 Å². The summed E-state index contributed by atoms with van der Waals surface area (Å²) in [6.07, 6.45) is 2.91. The van der Waals surface area contributed by atoms with Gasteiger partial charge in [-0.2, -0.15) is 0 Å². The monoisotopic (exact) mass is 460 g/mol. The largest absolute Gasteiger partial charge is 0.462 e. The van der Waals surface area contributed by atoms with E-state index in [1.54, 1.807) is 16.8 Å². The zero-order chi connectivity index (χ0) is 19.7. The number of carbonyl (C=O) groups is 1. The second-order valence-corrected chi connectivity index (χ2v) is 8.72. The third-order valence-electron chi connectivity index (χ3n) is 4.57. The fourth-order valence-corrected chi connectivity index (χ4v) is 4.43. The summed E-state index contributed by atoms with van der Waals surface area (Å²) >= 11 is 5.05. The number of benzene rings is 1. The molecule has 8 heteroatoms. The number of amides is 1. The molecular formula is C20H21BrN4O2S. The zero-order valence-corrected chi connectivity index (χ0v) is 18.1. The van der Waals surface area contributed by atoms with Gasteiger partial charge >= 0.3 is 0 Å². The molecule has 0 spiro atoms. The number of hydrazone groups is 1. The van der Waals surface area contributed by atoms with Crippen LogP contribution in [-0.2, 0) is 4.79 Å². The molecule has 0 aliphatic carbocycles. The van der Waals surface area contributed by atoms with E-state index in [0.717, 1.165) is 39.4 Å². The molecule has 1 unspecified atom stereocenters. The molecule has 0 bridgehead atoms. The molecule has 0 saturated carbocycles. The fourth-order valence-electron chi connectivity index (χ4n) is 3.22. The van der Waals surface area contributed by atoms with Gasteiger partial charge in [0.25, 0.3) is 5.91 Å². The van der Waals surface area contributed by atoms with Crippen LogP contribution in [0.25, 0.3) is 5.70 Å². The summed E-state index contributed by atoms with van der Waals surface area (Å²) in [4.78, 5) is 17.8. The SMILES string of the molecule is CCCCCSC1=NN2C(=c3cc(Br)ccc3=NC2c2ccc(C)o2)C(=O)N1. The quantitative estimate of drug-likeness (QED) is 0.693. The van der Waals surface area contributed by atoms with Crippen molar-refractivity contribution in [2.24, 2.45) is 10.1 Å². The molecule has 1 aromatic heterocycles. The highest BCUT2D eigenvalue weighted by Crippen LogP contribution is 2.31. The van der Waals surface area contributed by atoms with Gasteiger partial charge in [0, 0.05) is 15.4 Å². The van der Waals surface area contributed by atoms with Crippen LogP contribution >= 0.6 is 27.7 Å². The predicted octanol–water partition coefficient (Wildman–Crippen LogP) is 3.42. The van der Waals surface area contributed by atoms with E-state index in [4.69, 9.17) is 14.5 Å². The lowest BCUT2D eigenvalue weighted by molar-refractivity contribution is -0.116. The molecule has 2 aromatic rings. The molecule has 2 aliphatic rings. The van der Waals surface area contributed by atoms with Crippen LogP contribution < -0.4 is 15.9 Å². The number of furan rings is 1. The van der Waals surface area contributed by atoms with E-state index < -0.39 is 6.17 Å². The number of nitrogens with zero attached hydrogens (tertiary/aromatic N) is 3. The molecule has 4 rings (SSSR count). The van der Waals surface area contributed by atoms with E-state index >= 15 is 0 Å². The maximum atomic E-state index is 13.0. The summed E-state index contributed by atoms with van der Waals surface area (Å²) in [6, 6.07) is 9.51. The number of rotatable bonds is 5. The van der Waals surface area contributed by atoms with Gasteiger partial charge < -0.3 is 4.42 Å². The first kappa shape index (κ1) is 19.3. The summed E-state index contributed by atoms with van der Waals surface area (Å²) in [5, 5.41) is 11.5. The van der Waals surface area contributed by atoms with Gasteiger partial charge in [0.15, 0.2) is 10.9 Å². The molecule has 146 valence electrons. The van der Waals surface area contributed by atoms with E-state index in [2.05, 4.69) is 28.2 Å². The third-order valence-corrected chi connectivity index (χ3v) is 6.02. The fraction of sp³-hybridized carbons (Fsp3) is 0.350. The first-order chi connectivity index (χ1) is 13.6. The maximum Gasteiger partial charge on any atom is 0.276 e. The molecule has 28 heavy (non-hydrogen) atoms. The summed E-state index contributed by atoms with van der Waals surface area (Å²) in [5.74, 6) is 2.21. The number of unbranched alkanes of at least 4 members (excludes halogenated alkanes) is 2. The Hall–Kier alpha value is -2.06. The van der Waals surface area contributed by atoms with Gasteiger partial charge in [0.2, 0.25) is 6.17 Å². The van der Waals surface area contributed by atoms with Crippen molar-refractivity contribution < 1.29 is 9.21 Å². The Balaban J connectivity index is 1.79. The van der Waals surface area contributed by atoms with Crippen LogP contribution in [0.3, 0.4) is 0 Å². The van der Waals surface area contributed by atoms with Gasteiger partial charge in [-0.25, -0.2) is 10.0 Å². The van der Waals surface area contributed by atoms with Crippen molar-refractivity contribution in [3.8, 4) is 0 Å². The minimum atomic E-state index is -0.505. The van der Waals surface area contributed by atoms with Crippen molar-refractivity contribution >= 4 is 44.5 Å². The van der Waals surface area contributed by atoms with Gasteiger partial charge in [0.05, 0.1) is 5.36 Å². The highest BCUT2D eigenvalue weighted by Gasteiger charge is 2.35.